The number of nitrogens with zero attached hydrogens (tertiary/aromatic N) is 4. The van der Waals surface area contributed by atoms with E-state index in [-0.39, 0.29) is 11.9 Å². The Morgan fingerprint density at radius 3 is 2.82 bits per heavy atom. The molecule has 4 heterocycles. The Bertz CT molecular complexity index is 1220. The second kappa shape index (κ2) is 9.69. The lowest BCUT2D eigenvalue weighted by Gasteiger charge is -2.32. The third-order valence-electron chi connectivity index (χ3n) is 6.03. The topological polar surface area (TPSA) is 82.7 Å². The largest absolute Gasteiger partial charge is 0.494 e. The van der Waals surface area contributed by atoms with Crippen molar-refractivity contribution in [2.45, 2.75) is 30.3 Å². The first-order valence-electron chi connectivity index (χ1n) is 11.2. The molecular weight excluding hydrogens is 434 g/mol. The van der Waals surface area contributed by atoms with Crippen LogP contribution in [0.2, 0.25) is 0 Å². The molecule has 0 aliphatic carbocycles. The summed E-state index contributed by atoms with van der Waals surface area (Å²) in [6, 6.07) is 15.5. The molecule has 33 heavy (non-hydrogen) atoms. The molecule has 1 amide bonds. The summed E-state index contributed by atoms with van der Waals surface area (Å²) in [5.41, 5.74) is 2.49. The van der Waals surface area contributed by atoms with Crippen molar-refractivity contribution >= 4 is 29.4 Å². The number of likely N-dealkylation sites (tertiary alicyclic amines) is 1. The van der Waals surface area contributed by atoms with Crippen LogP contribution in [0.5, 0.6) is 5.75 Å². The van der Waals surface area contributed by atoms with Gasteiger partial charge in [-0.15, -0.1) is 0 Å². The Kier molecular flexibility index (Phi) is 6.33. The van der Waals surface area contributed by atoms with Gasteiger partial charge in [-0.1, -0.05) is 17.8 Å². The maximum absolute atomic E-state index is 12.9. The van der Waals surface area contributed by atoms with Crippen LogP contribution in [0.4, 0.5) is 0 Å². The first kappa shape index (κ1) is 21.6. The Morgan fingerprint density at radius 1 is 1.21 bits per heavy atom. The van der Waals surface area contributed by atoms with Crippen LogP contribution in [-0.4, -0.2) is 52.5 Å². The van der Waals surface area contributed by atoms with E-state index < -0.39 is 0 Å². The molecule has 5 rings (SSSR count). The molecule has 1 aromatic carbocycles. The number of nitriles is 1. The van der Waals surface area contributed by atoms with E-state index in [0.29, 0.717) is 12.2 Å². The Labute approximate surface area is 197 Å². The van der Waals surface area contributed by atoms with E-state index in [2.05, 4.69) is 25.7 Å². The molecule has 2 aliphatic rings. The predicted molar refractivity (Wildman–Crippen MR) is 128 cm³/mol. The van der Waals surface area contributed by atoms with Crippen molar-refractivity contribution in [2.75, 3.05) is 26.2 Å². The number of aromatic nitrogens is 2. The lowest BCUT2D eigenvalue weighted by Crippen LogP contribution is -2.45. The minimum Gasteiger partial charge on any atom is -0.494 e. The van der Waals surface area contributed by atoms with Crippen molar-refractivity contribution in [1.82, 2.24) is 19.6 Å². The van der Waals surface area contributed by atoms with E-state index in [0.717, 1.165) is 65.9 Å². The highest BCUT2D eigenvalue weighted by Crippen LogP contribution is 2.34. The standard InChI is InChI=1S/C25H25N5O2S/c26-16-18-5-7-21(8-6-18)32-14-2-11-29-12-9-19(10-13-29)28-25(31)22-15-20-17-27-23-3-1-4-24(33-22)30(20)23/h1,3-8,15,17,19H,2,9-14H2,(H,28,31). The second-order valence-electron chi connectivity index (χ2n) is 8.28. The summed E-state index contributed by atoms with van der Waals surface area (Å²) in [4.78, 5) is 20.5. The first-order chi connectivity index (χ1) is 16.2. The van der Waals surface area contributed by atoms with Crippen LogP contribution < -0.4 is 10.1 Å². The molecule has 3 aromatic rings. The van der Waals surface area contributed by atoms with Crippen LogP contribution in [0, 0.1) is 11.3 Å². The number of hydrogen-bond donors (Lipinski definition) is 1. The van der Waals surface area contributed by atoms with Crippen LogP contribution in [0.15, 0.2) is 58.6 Å². The maximum Gasteiger partial charge on any atom is 0.258 e. The molecule has 0 bridgehead atoms. The Hall–Kier alpha value is -3.28. The van der Waals surface area contributed by atoms with Crippen LogP contribution in [0.25, 0.3) is 11.7 Å². The van der Waals surface area contributed by atoms with Gasteiger partial charge in [-0.3, -0.25) is 9.20 Å². The summed E-state index contributed by atoms with van der Waals surface area (Å²) in [5, 5.41) is 13.1. The smallest absolute Gasteiger partial charge is 0.258 e. The summed E-state index contributed by atoms with van der Waals surface area (Å²) in [6.07, 6.45) is 6.59. The fourth-order valence-electron chi connectivity index (χ4n) is 4.26. The van der Waals surface area contributed by atoms with Crippen molar-refractivity contribution in [2.24, 2.45) is 0 Å². The summed E-state index contributed by atoms with van der Waals surface area (Å²) < 4.78 is 7.84. The molecule has 2 aliphatic heterocycles. The highest BCUT2D eigenvalue weighted by molar-refractivity contribution is 8.04. The fourth-order valence-corrected chi connectivity index (χ4v) is 5.25. The molecule has 0 spiro atoms. The number of carbonyl (C=O) groups is 1. The van der Waals surface area contributed by atoms with E-state index in [4.69, 9.17) is 10.00 Å². The van der Waals surface area contributed by atoms with Gasteiger partial charge in [0.25, 0.3) is 5.91 Å². The van der Waals surface area contributed by atoms with E-state index in [1.165, 1.54) is 11.8 Å². The van der Waals surface area contributed by atoms with Crippen molar-refractivity contribution in [1.29, 1.82) is 5.26 Å². The third-order valence-corrected chi connectivity index (χ3v) is 7.08. The Balaban J connectivity index is 1.05. The van der Waals surface area contributed by atoms with Gasteiger partial charge in [-0.25, -0.2) is 4.98 Å². The normalized spacial score (nSPS) is 16.3. The molecule has 2 aromatic heterocycles. The SMILES string of the molecule is N#Cc1ccc(OCCCN2CCC(NC(=O)C3=Cc4cnc5cccc(n45)S3)CC2)cc1. The number of piperidine rings is 1. The molecule has 1 N–H and O–H groups in total. The molecule has 0 radical (unpaired) electrons. The van der Waals surface area contributed by atoms with Gasteiger partial charge >= 0.3 is 0 Å². The second-order valence-corrected chi connectivity index (χ2v) is 9.34. The summed E-state index contributed by atoms with van der Waals surface area (Å²) >= 11 is 1.50. The van der Waals surface area contributed by atoms with Gasteiger partial charge in [0.1, 0.15) is 11.4 Å². The monoisotopic (exact) mass is 459 g/mol. The quantitative estimate of drug-likeness (QED) is 0.543. The number of benzene rings is 1. The fraction of sp³-hybridized carbons (Fsp3) is 0.320. The van der Waals surface area contributed by atoms with E-state index in [1.807, 2.05) is 42.6 Å². The minimum absolute atomic E-state index is 0.00119. The third kappa shape index (κ3) is 4.90. The van der Waals surface area contributed by atoms with Gasteiger partial charge in [-0.2, -0.15) is 5.26 Å². The van der Waals surface area contributed by atoms with Crippen molar-refractivity contribution in [3.05, 3.63) is 64.8 Å². The zero-order valence-corrected chi connectivity index (χ0v) is 19.1. The number of nitrogens with one attached hydrogen (secondary N) is 1. The van der Waals surface area contributed by atoms with Crippen LogP contribution in [-0.2, 0) is 4.79 Å². The molecule has 0 saturated carbocycles. The van der Waals surface area contributed by atoms with Crippen molar-refractivity contribution in [3.63, 3.8) is 0 Å². The molecule has 7 nitrogen and oxygen atoms in total. The first-order valence-corrected chi connectivity index (χ1v) is 12.0. The Morgan fingerprint density at radius 2 is 2.03 bits per heavy atom. The zero-order chi connectivity index (χ0) is 22.6. The molecule has 0 unspecified atom stereocenters. The molecule has 8 heteroatoms. The maximum atomic E-state index is 12.9. The number of amides is 1. The van der Waals surface area contributed by atoms with Gasteiger partial charge in [0, 0.05) is 25.7 Å². The van der Waals surface area contributed by atoms with Gasteiger partial charge in [-0.05, 0) is 61.7 Å². The number of rotatable bonds is 7. The van der Waals surface area contributed by atoms with Crippen molar-refractivity contribution < 1.29 is 9.53 Å². The molecule has 0 atom stereocenters. The zero-order valence-electron chi connectivity index (χ0n) is 18.2. The lowest BCUT2D eigenvalue weighted by atomic mass is 10.0. The summed E-state index contributed by atoms with van der Waals surface area (Å²) in [5.74, 6) is 0.795. The number of ether oxygens (including phenoxy) is 1. The van der Waals surface area contributed by atoms with E-state index in [9.17, 15) is 4.79 Å². The average Bonchev–Trinajstić information content (AvgIpc) is 3.28. The molecular formula is C25H25N5O2S. The minimum atomic E-state index is -0.00119. The van der Waals surface area contributed by atoms with Gasteiger partial charge in [0.05, 0.1) is 40.1 Å². The van der Waals surface area contributed by atoms with Crippen LogP contribution in [0.3, 0.4) is 0 Å². The molecule has 1 fully saturated rings. The number of carbonyl (C=O) groups excluding carboxylic acids is 1. The number of thioether (sulfide) groups is 1. The molecule has 168 valence electrons. The van der Waals surface area contributed by atoms with E-state index in [1.54, 1.807) is 12.1 Å². The summed E-state index contributed by atoms with van der Waals surface area (Å²) in [6.45, 7) is 3.57. The lowest BCUT2D eigenvalue weighted by molar-refractivity contribution is -0.117. The number of pyridine rings is 1. The predicted octanol–water partition coefficient (Wildman–Crippen LogP) is 3.70. The number of hydrogen-bond acceptors (Lipinski definition) is 6. The molecule has 1 saturated heterocycles. The van der Waals surface area contributed by atoms with Gasteiger partial charge in [0.2, 0.25) is 0 Å². The van der Waals surface area contributed by atoms with Gasteiger partial charge < -0.3 is 15.0 Å². The summed E-state index contributed by atoms with van der Waals surface area (Å²) in [7, 11) is 0. The van der Waals surface area contributed by atoms with Crippen LogP contribution >= 0.6 is 11.8 Å². The highest BCUT2D eigenvalue weighted by atomic mass is 32.2. The van der Waals surface area contributed by atoms with Crippen LogP contribution in [0.1, 0.15) is 30.5 Å². The van der Waals surface area contributed by atoms with Crippen molar-refractivity contribution in [3.8, 4) is 11.8 Å². The van der Waals surface area contributed by atoms with E-state index >= 15 is 0 Å². The number of imidazole rings is 1. The average molecular weight is 460 g/mol. The highest BCUT2D eigenvalue weighted by Gasteiger charge is 2.24. The van der Waals surface area contributed by atoms with Gasteiger partial charge in [0.15, 0.2) is 0 Å².